The van der Waals surface area contributed by atoms with Gasteiger partial charge in [0.25, 0.3) is 0 Å². The predicted octanol–water partition coefficient (Wildman–Crippen LogP) is 0.101. The zero-order valence-corrected chi connectivity index (χ0v) is 11.4. The molecule has 1 fully saturated rings. The summed E-state index contributed by atoms with van der Waals surface area (Å²) < 4.78 is 22.8. The fraction of sp³-hybridized carbons (Fsp3) is 0.636. The van der Waals surface area contributed by atoms with E-state index in [1.807, 2.05) is 0 Å². The lowest BCUT2D eigenvalue weighted by molar-refractivity contribution is -0.133. The molecule has 1 saturated heterocycles. The van der Waals surface area contributed by atoms with E-state index in [1.165, 1.54) is 13.8 Å². The Morgan fingerprint density at radius 1 is 1.22 bits per heavy atom. The van der Waals surface area contributed by atoms with Crippen molar-refractivity contribution < 1.29 is 23.1 Å². The van der Waals surface area contributed by atoms with E-state index in [0.29, 0.717) is 6.42 Å². The summed E-state index contributed by atoms with van der Waals surface area (Å²) in [6, 6.07) is 0. The van der Waals surface area contributed by atoms with Gasteiger partial charge < -0.3 is 10.4 Å². The molecule has 1 atom stereocenters. The first-order valence-corrected chi connectivity index (χ1v) is 7.32. The Kier molecular flexibility index (Phi) is 3.85. The summed E-state index contributed by atoms with van der Waals surface area (Å²) in [5.74, 6) is -1.75. The van der Waals surface area contributed by atoms with Crippen LogP contribution in [0, 0.1) is 0 Å². The Balaban J connectivity index is 2.84. The number of carboxylic acid groups (broad SMARTS) is 1. The van der Waals surface area contributed by atoms with Crippen molar-refractivity contribution in [3.63, 3.8) is 0 Å². The molecular formula is C11H17NO5S. The van der Waals surface area contributed by atoms with Crippen LogP contribution in [0.3, 0.4) is 0 Å². The van der Waals surface area contributed by atoms with Crippen LogP contribution >= 0.6 is 0 Å². The molecule has 0 aliphatic carbocycles. The standard InChI is InChI=1S/C11H17NO5S/c1-7(8(2)10(14)15)9(13)12-11(3)4-5-18(16,17)6-11/h4-6H2,1-3H3,(H,12,13)(H,14,15). The summed E-state index contributed by atoms with van der Waals surface area (Å²) >= 11 is 0. The summed E-state index contributed by atoms with van der Waals surface area (Å²) in [6.07, 6.45) is 0.348. The van der Waals surface area contributed by atoms with Crippen molar-refractivity contribution >= 4 is 21.7 Å². The Labute approximate surface area is 106 Å². The van der Waals surface area contributed by atoms with Crippen LogP contribution in [0.2, 0.25) is 0 Å². The van der Waals surface area contributed by atoms with Gasteiger partial charge in [0.1, 0.15) is 0 Å². The highest BCUT2D eigenvalue weighted by Gasteiger charge is 2.39. The van der Waals surface area contributed by atoms with E-state index >= 15 is 0 Å². The van der Waals surface area contributed by atoms with E-state index in [2.05, 4.69) is 5.32 Å². The van der Waals surface area contributed by atoms with Crippen molar-refractivity contribution in [2.45, 2.75) is 32.7 Å². The molecule has 1 rings (SSSR count). The molecule has 1 aliphatic rings. The first-order chi connectivity index (χ1) is 8.06. The minimum atomic E-state index is -3.11. The second kappa shape index (κ2) is 4.72. The van der Waals surface area contributed by atoms with Gasteiger partial charge in [0, 0.05) is 11.1 Å². The SMILES string of the molecule is CC(C(=O)O)=C(C)C(=O)NC1(C)CCS(=O)(=O)C1. The third kappa shape index (κ3) is 3.32. The molecule has 0 radical (unpaired) electrons. The van der Waals surface area contributed by atoms with Gasteiger partial charge in [-0.15, -0.1) is 0 Å². The van der Waals surface area contributed by atoms with E-state index in [1.54, 1.807) is 6.92 Å². The summed E-state index contributed by atoms with van der Waals surface area (Å²) in [5.41, 5.74) is -0.763. The molecule has 0 aromatic rings. The average Bonchev–Trinajstić information content (AvgIpc) is 2.50. The fourth-order valence-corrected chi connectivity index (χ4v) is 3.90. The van der Waals surface area contributed by atoms with E-state index in [4.69, 9.17) is 5.11 Å². The van der Waals surface area contributed by atoms with Crippen LogP contribution in [-0.2, 0) is 19.4 Å². The first kappa shape index (κ1) is 14.7. The zero-order valence-electron chi connectivity index (χ0n) is 10.6. The minimum absolute atomic E-state index is 0.0445. The quantitative estimate of drug-likeness (QED) is 0.711. The molecule has 18 heavy (non-hydrogen) atoms. The van der Waals surface area contributed by atoms with Gasteiger partial charge in [0.2, 0.25) is 5.91 Å². The third-order valence-electron chi connectivity index (χ3n) is 3.14. The van der Waals surface area contributed by atoms with Crippen LogP contribution in [0.1, 0.15) is 27.2 Å². The molecule has 0 spiro atoms. The number of nitrogens with one attached hydrogen (secondary N) is 1. The van der Waals surface area contributed by atoms with E-state index in [9.17, 15) is 18.0 Å². The van der Waals surface area contributed by atoms with Crippen molar-refractivity contribution in [3.8, 4) is 0 Å². The maximum Gasteiger partial charge on any atom is 0.331 e. The number of aliphatic carboxylic acids is 1. The maximum atomic E-state index is 11.8. The van der Waals surface area contributed by atoms with Gasteiger partial charge in [-0.25, -0.2) is 13.2 Å². The Bertz CT molecular complexity index is 520. The van der Waals surface area contributed by atoms with Crippen LogP contribution in [-0.4, -0.2) is 42.4 Å². The molecular weight excluding hydrogens is 258 g/mol. The molecule has 1 aliphatic heterocycles. The molecule has 1 heterocycles. The van der Waals surface area contributed by atoms with Crippen molar-refractivity contribution in [3.05, 3.63) is 11.1 Å². The summed E-state index contributed by atoms with van der Waals surface area (Å²) in [7, 11) is -3.11. The number of carbonyl (C=O) groups is 2. The number of hydrogen-bond donors (Lipinski definition) is 2. The van der Waals surface area contributed by atoms with Crippen LogP contribution in [0.15, 0.2) is 11.1 Å². The molecule has 0 bridgehead atoms. The highest BCUT2D eigenvalue weighted by atomic mass is 32.2. The van der Waals surface area contributed by atoms with E-state index in [0.717, 1.165) is 0 Å². The summed E-state index contributed by atoms with van der Waals surface area (Å²) in [6.45, 7) is 4.40. The van der Waals surface area contributed by atoms with E-state index < -0.39 is 27.3 Å². The molecule has 0 saturated carbocycles. The number of carbonyl (C=O) groups excluding carboxylic acids is 1. The van der Waals surface area contributed by atoms with Crippen LogP contribution in [0.4, 0.5) is 0 Å². The topological polar surface area (TPSA) is 101 Å². The molecule has 2 N–H and O–H groups in total. The Morgan fingerprint density at radius 2 is 1.78 bits per heavy atom. The number of rotatable bonds is 3. The average molecular weight is 275 g/mol. The largest absolute Gasteiger partial charge is 0.478 e. The summed E-state index contributed by atoms with van der Waals surface area (Å²) in [4.78, 5) is 22.6. The molecule has 7 heteroatoms. The molecule has 1 amide bonds. The zero-order chi connectivity index (χ0) is 14.1. The van der Waals surface area contributed by atoms with Gasteiger partial charge in [0.15, 0.2) is 9.84 Å². The molecule has 102 valence electrons. The normalized spacial score (nSPS) is 27.5. The van der Waals surface area contributed by atoms with Crippen LogP contribution in [0.5, 0.6) is 0 Å². The maximum absolute atomic E-state index is 11.8. The van der Waals surface area contributed by atoms with Crippen LogP contribution < -0.4 is 5.32 Å². The van der Waals surface area contributed by atoms with Crippen molar-refractivity contribution in [2.75, 3.05) is 11.5 Å². The van der Waals surface area contributed by atoms with E-state index in [-0.39, 0.29) is 22.7 Å². The smallest absolute Gasteiger partial charge is 0.331 e. The van der Waals surface area contributed by atoms with Gasteiger partial charge in [0.05, 0.1) is 17.0 Å². The number of hydrogen-bond acceptors (Lipinski definition) is 4. The Morgan fingerprint density at radius 3 is 2.17 bits per heavy atom. The van der Waals surface area contributed by atoms with Gasteiger partial charge in [-0.2, -0.15) is 0 Å². The van der Waals surface area contributed by atoms with Gasteiger partial charge in [-0.1, -0.05) is 0 Å². The Hall–Kier alpha value is -1.37. The highest BCUT2D eigenvalue weighted by molar-refractivity contribution is 7.91. The summed E-state index contributed by atoms with van der Waals surface area (Å²) in [5, 5.41) is 11.4. The van der Waals surface area contributed by atoms with Gasteiger partial charge in [-0.05, 0) is 27.2 Å². The second-order valence-electron chi connectivity index (χ2n) is 4.91. The number of sulfone groups is 1. The second-order valence-corrected chi connectivity index (χ2v) is 7.10. The minimum Gasteiger partial charge on any atom is -0.478 e. The van der Waals surface area contributed by atoms with Gasteiger partial charge in [-0.3, -0.25) is 4.79 Å². The molecule has 1 unspecified atom stereocenters. The molecule has 0 aromatic heterocycles. The van der Waals surface area contributed by atoms with Crippen molar-refractivity contribution in [2.24, 2.45) is 0 Å². The fourth-order valence-electron chi connectivity index (χ4n) is 1.81. The predicted molar refractivity (Wildman–Crippen MR) is 65.8 cm³/mol. The lowest BCUT2D eigenvalue weighted by Gasteiger charge is -2.24. The monoisotopic (exact) mass is 275 g/mol. The van der Waals surface area contributed by atoms with Crippen LogP contribution in [0.25, 0.3) is 0 Å². The first-order valence-electron chi connectivity index (χ1n) is 5.50. The lowest BCUT2D eigenvalue weighted by atomic mass is 10.0. The highest BCUT2D eigenvalue weighted by Crippen LogP contribution is 2.23. The van der Waals surface area contributed by atoms with Gasteiger partial charge >= 0.3 is 5.97 Å². The van der Waals surface area contributed by atoms with Crippen molar-refractivity contribution in [1.29, 1.82) is 0 Å². The third-order valence-corrected chi connectivity index (χ3v) is 5.05. The molecule has 0 aromatic carbocycles. The van der Waals surface area contributed by atoms with Crippen molar-refractivity contribution in [1.82, 2.24) is 5.32 Å². The number of carboxylic acids is 1. The molecule has 6 nitrogen and oxygen atoms in total. The number of amides is 1. The lowest BCUT2D eigenvalue weighted by Crippen LogP contribution is -2.47.